The van der Waals surface area contributed by atoms with Gasteiger partial charge in [-0.05, 0) is 37.3 Å². The largest absolute Gasteiger partial charge is 0.507 e. The summed E-state index contributed by atoms with van der Waals surface area (Å²) in [7, 11) is 0. The van der Waals surface area contributed by atoms with E-state index in [0.717, 1.165) is 54.5 Å². The van der Waals surface area contributed by atoms with Gasteiger partial charge in [0.1, 0.15) is 11.5 Å². The minimum absolute atomic E-state index is 0.100. The van der Waals surface area contributed by atoms with Crippen molar-refractivity contribution in [3.63, 3.8) is 0 Å². The zero-order valence-corrected chi connectivity index (χ0v) is 11.7. The average Bonchev–Trinajstić information content (AvgIpc) is 2.37. The lowest BCUT2D eigenvalue weighted by molar-refractivity contribution is -0.0836. The molecule has 1 aliphatic heterocycles. The second-order valence-corrected chi connectivity index (χ2v) is 5.89. The predicted octanol–water partition coefficient (Wildman–Crippen LogP) is 3.11. The van der Waals surface area contributed by atoms with Gasteiger partial charge in [-0.3, -0.25) is 0 Å². The molecule has 0 radical (unpaired) electrons. The van der Waals surface area contributed by atoms with Crippen molar-refractivity contribution in [1.29, 1.82) is 0 Å². The quantitative estimate of drug-likeness (QED) is 0.861. The molecule has 1 fully saturated rings. The Bertz CT molecular complexity index is 503. The molecule has 1 saturated carbocycles. The van der Waals surface area contributed by atoms with Crippen LogP contribution in [0.3, 0.4) is 0 Å². The second kappa shape index (κ2) is 4.41. The zero-order valence-electron chi connectivity index (χ0n) is 11.7. The number of hydrogen-bond acceptors (Lipinski definition) is 3. The molecule has 3 heteroatoms. The van der Waals surface area contributed by atoms with Crippen LogP contribution in [0.15, 0.2) is 6.07 Å². The van der Waals surface area contributed by atoms with Gasteiger partial charge >= 0.3 is 0 Å². The first-order valence-electron chi connectivity index (χ1n) is 7.31. The predicted molar refractivity (Wildman–Crippen MR) is 73.6 cm³/mol. The Kier molecular flexibility index (Phi) is 2.97. The Balaban J connectivity index is 2.14. The summed E-state index contributed by atoms with van der Waals surface area (Å²) in [5.74, 6) is 1.12. The number of benzene rings is 1. The van der Waals surface area contributed by atoms with Crippen molar-refractivity contribution in [3.05, 3.63) is 22.8 Å². The molecule has 1 heterocycles. The van der Waals surface area contributed by atoms with E-state index in [1.807, 2.05) is 19.9 Å². The molecule has 19 heavy (non-hydrogen) atoms. The number of phenolic OH excluding ortho intramolecular Hbond substituents is 1. The van der Waals surface area contributed by atoms with Crippen molar-refractivity contribution in [1.82, 2.24) is 0 Å². The molecule has 104 valence electrons. The highest BCUT2D eigenvalue weighted by Gasteiger charge is 2.49. The summed E-state index contributed by atoms with van der Waals surface area (Å²) in [4.78, 5) is 0. The van der Waals surface area contributed by atoms with Gasteiger partial charge in [0.05, 0.1) is 12.7 Å². The lowest BCUT2D eigenvalue weighted by Gasteiger charge is -2.49. The minimum atomic E-state index is -0.489. The van der Waals surface area contributed by atoms with Crippen LogP contribution in [0.4, 0.5) is 0 Å². The number of aliphatic hydroxyl groups excluding tert-OH is 1. The molecule has 1 aliphatic carbocycles. The number of aromatic hydroxyl groups is 1. The fourth-order valence-corrected chi connectivity index (χ4v) is 3.48. The van der Waals surface area contributed by atoms with Gasteiger partial charge in [-0.25, -0.2) is 0 Å². The molecular formula is C16H22O3. The third-order valence-corrected chi connectivity index (χ3v) is 4.94. The van der Waals surface area contributed by atoms with Gasteiger partial charge in [0.15, 0.2) is 0 Å². The summed E-state index contributed by atoms with van der Waals surface area (Å²) >= 11 is 0. The van der Waals surface area contributed by atoms with Crippen LogP contribution < -0.4 is 4.74 Å². The first kappa shape index (κ1) is 12.8. The number of rotatable bonds is 2. The van der Waals surface area contributed by atoms with E-state index in [-0.39, 0.29) is 5.41 Å². The summed E-state index contributed by atoms with van der Waals surface area (Å²) < 4.78 is 5.92. The summed E-state index contributed by atoms with van der Waals surface area (Å²) in [5.41, 5.74) is 2.51. The van der Waals surface area contributed by atoms with E-state index in [4.69, 9.17) is 4.74 Å². The second-order valence-electron chi connectivity index (χ2n) is 5.89. The molecule has 1 atom stereocenters. The molecule has 0 bridgehead atoms. The van der Waals surface area contributed by atoms with Gasteiger partial charge in [-0.2, -0.15) is 0 Å². The van der Waals surface area contributed by atoms with E-state index in [1.165, 1.54) is 0 Å². The van der Waals surface area contributed by atoms with Gasteiger partial charge in [-0.15, -0.1) is 0 Å². The highest BCUT2D eigenvalue weighted by molar-refractivity contribution is 5.55. The maximum Gasteiger partial charge on any atom is 0.125 e. The number of hydrogen-bond donors (Lipinski definition) is 2. The lowest BCUT2D eigenvalue weighted by atomic mass is 9.62. The Labute approximate surface area is 114 Å². The van der Waals surface area contributed by atoms with E-state index in [0.29, 0.717) is 12.4 Å². The van der Waals surface area contributed by atoms with Crippen molar-refractivity contribution >= 4 is 0 Å². The molecular weight excluding hydrogens is 240 g/mol. The van der Waals surface area contributed by atoms with Crippen LogP contribution in [0.1, 0.15) is 55.9 Å². The van der Waals surface area contributed by atoms with E-state index < -0.39 is 6.10 Å². The van der Waals surface area contributed by atoms with Crippen LogP contribution in [-0.2, 0) is 12.8 Å². The number of ether oxygens (including phenoxy) is 1. The zero-order chi connectivity index (χ0) is 13.6. The van der Waals surface area contributed by atoms with Crippen molar-refractivity contribution in [2.24, 2.45) is 5.41 Å². The van der Waals surface area contributed by atoms with E-state index in [9.17, 15) is 10.2 Å². The normalized spacial score (nSPS) is 23.6. The van der Waals surface area contributed by atoms with Gasteiger partial charge in [0.2, 0.25) is 0 Å². The SMILES string of the molecule is CCc1cc2c(c(CC)c1O)C(O)C1(CCC1)CO2. The fourth-order valence-electron chi connectivity index (χ4n) is 3.48. The van der Waals surface area contributed by atoms with Crippen molar-refractivity contribution < 1.29 is 14.9 Å². The summed E-state index contributed by atoms with van der Waals surface area (Å²) in [6.07, 6.45) is 4.21. The Hall–Kier alpha value is -1.22. The number of fused-ring (bicyclic) bond motifs is 1. The fraction of sp³-hybridized carbons (Fsp3) is 0.625. The molecule has 3 nitrogen and oxygen atoms in total. The highest BCUT2D eigenvalue weighted by atomic mass is 16.5. The van der Waals surface area contributed by atoms with Crippen LogP contribution in [0.2, 0.25) is 0 Å². The Morgan fingerprint density at radius 2 is 2.05 bits per heavy atom. The maximum atomic E-state index is 10.7. The molecule has 1 spiro atoms. The van der Waals surface area contributed by atoms with Gasteiger partial charge in [0, 0.05) is 16.5 Å². The molecule has 2 N–H and O–H groups in total. The Morgan fingerprint density at radius 3 is 2.58 bits per heavy atom. The van der Waals surface area contributed by atoms with Gasteiger partial charge < -0.3 is 14.9 Å². The van der Waals surface area contributed by atoms with Crippen LogP contribution >= 0.6 is 0 Å². The maximum absolute atomic E-state index is 10.7. The van der Waals surface area contributed by atoms with Crippen LogP contribution in [0.25, 0.3) is 0 Å². The van der Waals surface area contributed by atoms with Crippen molar-refractivity contribution in [2.75, 3.05) is 6.61 Å². The lowest BCUT2D eigenvalue weighted by Crippen LogP contribution is -2.44. The van der Waals surface area contributed by atoms with E-state index in [2.05, 4.69) is 0 Å². The standard InChI is InChI=1S/C16H22O3/c1-3-10-8-12-13(11(4-2)14(10)17)15(18)16(9-19-12)6-5-7-16/h8,15,17-18H,3-7,9H2,1-2H3. The van der Waals surface area contributed by atoms with Crippen molar-refractivity contribution in [3.8, 4) is 11.5 Å². The molecule has 1 unspecified atom stereocenters. The van der Waals surface area contributed by atoms with E-state index in [1.54, 1.807) is 0 Å². The van der Waals surface area contributed by atoms with Gasteiger partial charge in [-0.1, -0.05) is 20.3 Å². The first-order chi connectivity index (χ1) is 9.13. The number of aryl methyl sites for hydroxylation is 1. The topological polar surface area (TPSA) is 49.7 Å². The van der Waals surface area contributed by atoms with E-state index >= 15 is 0 Å². The highest BCUT2D eigenvalue weighted by Crippen LogP contribution is 2.56. The molecule has 0 amide bonds. The Morgan fingerprint density at radius 1 is 1.32 bits per heavy atom. The smallest absolute Gasteiger partial charge is 0.125 e. The van der Waals surface area contributed by atoms with Crippen LogP contribution in [-0.4, -0.2) is 16.8 Å². The summed E-state index contributed by atoms with van der Waals surface area (Å²) in [6, 6.07) is 1.90. The third-order valence-electron chi connectivity index (χ3n) is 4.94. The van der Waals surface area contributed by atoms with Crippen molar-refractivity contribution in [2.45, 2.75) is 52.1 Å². The first-order valence-corrected chi connectivity index (χ1v) is 7.31. The molecule has 0 saturated heterocycles. The molecule has 0 aromatic heterocycles. The summed E-state index contributed by atoms with van der Waals surface area (Å²) in [6.45, 7) is 4.65. The molecule has 3 rings (SSSR count). The van der Waals surface area contributed by atoms with Crippen LogP contribution in [0, 0.1) is 5.41 Å². The molecule has 1 aromatic carbocycles. The summed E-state index contributed by atoms with van der Waals surface area (Å²) in [5, 5.41) is 21.1. The minimum Gasteiger partial charge on any atom is -0.507 e. The number of phenols is 1. The third kappa shape index (κ3) is 1.68. The van der Waals surface area contributed by atoms with Gasteiger partial charge in [0.25, 0.3) is 0 Å². The van der Waals surface area contributed by atoms with Crippen LogP contribution in [0.5, 0.6) is 11.5 Å². The monoisotopic (exact) mass is 262 g/mol. The number of aliphatic hydroxyl groups is 1. The molecule has 2 aliphatic rings. The average molecular weight is 262 g/mol. The molecule has 1 aromatic rings.